The summed E-state index contributed by atoms with van der Waals surface area (Å²) in [5.74, 6) is 1.45. The summed E-state index contributed by atoms with van der Waals surface area (Å²) in [5.41, 5.74) is 2.46. The van der Waals surface area contributed by atoms with E-state index in [1.54, 1.807) is 7.11 Å². The third-order valence-electron chi connectivity index (χ3n) is 4.31. The van der Waals surface area contributed by atoms with Crippen LogP contribution in [0, 0.1) is 5.41 Å². The number of rotatable bonds is 8. The van der Waals surface area contributed by atoms with Crippen molar-refractivity contribution < 1.29 is 9.47 Å². The number of hydrogen-bond acceptors (Lipinski definition) is 3. The largest absolute Gasteiger partial charge is 0.493 e. The highest BCUT2D eigenvalue weighted by Crippen LogP contribution is 2.31. The SMILES string of the molecule is COc1cc(CNC(C)(C)CC(C)(C)C)ccc1OCc1ccccc1Cl. The fourth-order valence-electron chi connectivity index (χ4n) is 3.44. The van der Waals surface area contributed by atoms with Gasteiger partial charge in [0.2, 0.25) is 0 Å². The van der Waals surface area contributed by atoms with E-state index in [-0.39, 0.29) is 11.0 Å². The predicted octanol–water partition coefficient (Wildman–Crippen LogP) is 6.23. The summed E-state index contributed by atoms with van der Waals surface area (Å²) in [6.07, 6.45) is 1.09. The van der Waals surface area contributed by atoms with Crippen LogP contribution < -0.4 is 14.8 Å². The molecule has 2 rings (SSSR count). The van der Waals surface area contributed by atoms with Crippen molar-refractivity contribution in [3.8, 4) is 11.5 Å². The molecular weight excluding hydrogens is 358 g/mol. The van der Waals surface area contributed by atoms with Gasteiger partial charge in [0.15, 0.2) is 11.5 Å². The predicted molar refractivity (Wildman–Crippen MR) is 114 cm³/mol. The molecule has 0 atom stereocenters. The summed E-state index contributed by atoms with van der Waals surface area (Å²) in [7, 11) is 1.67. The van der Waals surface area contributed by atoms with Crippen molar-refractivity contribution in [1.82, 2.24) is 5.32 Å². The van der Waals surface area contributed by atoms with E-state index in [0.717, 1.165) is 30.0 Å². The van der Waals surface area contributed by atoms with Gasteiger partial charge in [0.1, 0.15) is 6.61 Å². The normalized spacial score (nSPS) is 12.1. The topological polar surface area (TPSA) is 30.5 Å². The smallest absolute Gasteiger partial charge is 0.161 e. The summed E-state index contributed by atoms with van der Waals surface area (Å²) in [6.45, 7) is 12.5. The summed E-state index contributed by atoms with van der Waals surface area (Å²) in [4.78, 5) is 0. The first-order chi connectivity index (χ1) is 12.6. The van der Waals surface area contributed by atoms with E-state index in [1.807, 2.05) is 36.4 Å². The molecular formula is C23H32ClNO2. The molecule has 148 valence electrons. The van der Waals surface area contributed by atoms with E-state index >= 15 is 0 Å². The molecule has 2 aromatic rings. The maximum absolute atomic E-state index is 6.20. The minimum atomic E-state index is 0.0602. The van der Waals surface area contributed by atoms with Crippen LogP contribution in [0.15, 0.2) is 42.5 Å². The van der Waals surface area contributed by atoms with Crippen molar-refractivity contribution in [2.45, 2.75) is 59.7 Å². The Morgan fingerprint density at radius 1 is 0.963 bits per heavy atom. The molecule has 4 heteroatoms. The second kappa shape index (κ2) is 8.99. The quantitative estimate of drug-likeness (QED) is 0.580. The molecule has 0 bridgehead atoms. The zero-order valence-corrected chi connectivity index (χ0v) is 18.1. The molecule has 0 saturated heterocycles. The minimum absolute atomic E-state index is 0.0602. The van der Waals surface area contributed by atoms with Gasteiger partial charge in [0.25, 0.3) is 0 Å². The molecule has 0 fully saturated rings. The molecule has 1 N–H and O–H groups in total. The van der Waals surface area contributed by atoms with Gasteiger partial charge in [0, 0.05) is 22.7 Å². The van der Waals surface area contributed by atoms with Gasteiger partial charge in [0.05, 0.1) is 7.11 Å². The van der Waals surface area contributed by atoms with E-state index in [0.29, 0.717) is 11.6 Å². The monoisotopic (exact) mass is 389 g/mol. The highest BCUT2D eigenvalue weighted by Gasteiger charge is 2.24. The molecule has 0 spiro atoms. The number of methoxy groups -OCH3 is 1. The van der Waals surface area contributed by atoms with Crippen molar-refractivity contribution in [3.05, 3.63) is 58.6 Å². The van der Waals surface area contributed by atoms with Crippen LogP contribution in [0.1, 0.15) is 52.2 Å². The summed E-state index contributed by atoms with van der Waals surface area (Å²) in [5, 5.41) is 4.36. The summed E-state index contributed by atoms with van der Waals surface area (Å²) >= 11 is 6.20. The van der Waals surface area contributed by atoms with Gasteiger partial charge >= 0.3 is 0 Å². The van der Waals surface area contributed by atoms with Crippen LogP contribution in [-0.4, -0.2) is 12.6 Å². The average Bonchev–Trinajstić information content (AvgIpc) is 2.57. The molecule has 0 aliphatic carbocycles. The van der Waals surface area contributed by atoms with Gasteiger partial charge in [-0.25, -0.2) is 0 Å². The Labute approximate surface area is 169 Å². The average molecular weight is 390 g/mol. The van der Waals surface area contributed by atoms with E-state index in [9.17, 15) is 0 Å². The first-order valence-electron chi connectivity index (χ1n) is 9.38. The fourth-order valence-corrected chi connectivity index (χ4v) is 3.63. The van der Waals surface area contributed by atoms with Crippen LogP contribution in [0.25, 0.3) is 0 Å². The van der Waals surface area contributed by atoms with Crippen LogP contribution in [0.2, 0.25) is 5.02 Å². The Hall–Kier alpha value is -1.71. The first kappa shape index (κ1) is 21.6. The summed E-state index contributed by atoms with van der Waals surface area (Å²) in [6, 6.07) is 13.8. The van der Waals surface area contributed by atoms with Gasteiger partial charge in [-0.15, -0.1) is 0 Å². The van der Waals surface area contributed by atoms with E-state index in [1.165, 1.54) is 5.56 Å². The van der Waals surface area contributed by atoms with Crippen molar-refractivity contribution >= 4 is 11.6 Å². The van der Waals surface area contributed by atoms with Gasteiger partial charge in [-0.1, -0.05) is 56.6 Å². The van der Waals surface area contributed by atoms with Crippen LogP contribution in [0.3, 0.4) is 0 Å². The van der Waals surface area contributed by atoms with Gasteiger partial charge in [-0.05, 0) is 49.4 Å². The Morgan fingerprint density at radius 2 is 1.67 bits per heavy atom. The molecule has 0 aromatic heterocycles. The maximum atomic E-state index is 6.20. The van der Waals surface area contributed by atoms with Crippen LogP contribution in [0.4, 0.5) is 0 Å². The molecule has 0 unspecified atom stereocenters. The van der Waals surface area contributed by atoms with Crippen molar-refractivity contribution in [1.29, 1.82) is 0 Å². The van der Waals surface area contributed by atoms with E-state index < -0.39 is 0 Å². The van der Waals surface area contributed by atoms with Crippen molar-refractivity contribution in [2.75, 3.05) is 7.11 Å². The third-order valence-corrected chi connectivity index (χ3v) is 4.68. The number of halogens is 1. The fraction of sp³-hybridized carbons (Fsp3) is 0.478. The summed E-state index contributed by atoms with van der Waals surface area (Å²) < 4.78 is 11.5. The molecule has 0 aliphatic heterocycles. The molecule has 3 nitrogen and oxygen atoms in total. The Kier molecular flexibility index (Phi) is 7.19. The van der Waals surface area contributed by atoms with E-state index in [4.69, 9.17) is 21.1 Å². The molecule has 2 aromatic carbocycles. The lowest BCUT2D eigenvalue weighted by molar-refractivity contribution is 0.240. The molecule has 0 radical (unpaired) electrons. The Balaban J connectivity index is 2.02. The molecule has 0 saturated carbocycles. The number of benzene rings is 2. The zero-order chi connectivity index (χ0) is 20.1. The van der Waals surface area contributed by atoms with Gasteiger partial charge in [-0.2, -0.15) is 0 Å². The Morgan fingerprint density at radius 3 is 2.30 bits per heavy atom. The van der Waals surface area contributed by atoms with Crippen LogP contribution in [0.5, 0.6) is 11.5 Å². The van der Waals surface area contributed by atoms with Crippen molar-refractivity contribution in [3.63, 3.8) is 0 Å². The number of ether oxygens (including phenoxy) is 2. The number of nitrogens with one attached hydrogen (secondary N) is 1. The Bertz CT molecular complexity index is 750. The van der Waals surface area contributed by atoms with Crippen LogP contribution >= 0.6 is 11.6 Å². The third kappa shape index (κ3) is 7.08. The van der Waals surface area contributed by atoms with Gasteiger partial charge in [-0.3, -0.25) is 0 Å². The van der Waals surface area contributed by atoms with Crippen molar-refractivity contribution in [2.24, 2.45) is 5.41 Å². The lowest BCUT2D eigenvalue weighted by Gasteiger charge is -2.33. The molecule has 27 heavy (non-hydrogen) atoms. The molecule has 0 heterocycles. The standard InChI is InChI=1S/C23H32ClNO2/c1-22(2,3)16-23(4,5)25-14-17-11-12-20(21(13-17)26-6)27-15-18-9-7-8-10-19(18)24/h7-13,25H,14-16H2,1-6H3. The second-order valence-corrected chi connectivity index (χ2v) is 9.25. The number of hydrogen-bond donors (Lipinski definition) is 1. The van der Waals surface area contributed by atoms with Crippen LogP contribution in [-0.2, 0) is 13.2 Å². The minimum Gasteiger partial charge on any atom is -0.493 e. The lowest BCUT2D eigenvalue weighted by Crippen LogP contribution is -2.41. The highest BCUT2D eigenvalue weighted by atomic mass is 35.5. The van der Waals surface area contributed by atoms with E-state index in [2.05, 4.69) is 46.0 Å². The molecule has 0 aliphatic rings. The lowest BCUT2D eigenvalue weighted by atomic mass is 9.82. The maximum Gasteiger partial charge on any atom is 0.161 e. The zero-order valence-electron chi connectivity index (χ0n) is 17.4. The highest BCUT2D eigenvalue weighted by molar-refractivity contribution is 6.31. The van der Waals surface area contributed by atoms with Gasteiger partial charge < -0.3 is 14.8 Å². The first-order valence-corrected chi connectivity index (χ1v) is 9.76. The second-order valence-electron chi connectivity index (χ2n) is 8.84. The molecule has 0 amide bonds.